The van der Waals surface area contributed by atoms with Gasteiger partial charge in [0.25, 0.3) is 0 Å². The van der Waals surface area contributed by atoms with Gasteiger partial charge >= 0.3 is 0 Å². The van der Waals surface area contributed by atoms with Gasteiger partial charge in [0.1, 0.15) is 5.82 Å². The first-order chi connectivity index (χ1) is 8.72. The van der Waals surface area contributed by atoms with Gasteiger partial charge in [0.05, 0.1) is 6.54 Å². The topological polar surface area (TPSA) is 56.7 Å². The van der Waals surface area contributed by atoms with Crippen molar-refractivity contribution >= 4 is 0 Å². The summed E-state index contributed by atoms with van der Waals surface area (Å²) < 4.78 is 1.97. The number of hydrogen-bond donors (Lipinski definition) is 1. The molecule has 1 atom stereocenters. The molecule has 4 heteroatoms. The molecule has 4 nitrogen and oxygen atoms in total. The van der Waals surface area contributed by atoms with E-state index in [-0.39, 0.29) is 6.04 Å². The highest BCUT2D eigenvalue weighted by molar-refractivity contribution is 5.28. The molecule has 1 aromatic heterocycles. The van der Waals surface area contributed by atoms with E-state index < -0.39 is 0 Å². The van der Waals surface area contributed by atoms with Crippen molar-refractivity contribution in [3.8, 4) is 0 Å². The Morgan fingerprint density at radius 3 is 3.06 bits per heavy atom. The summed E-state index contributed by atoms with van der Waals surface area (Å²) in [6, 6.07) is 8.62. The average Bonchev–Trinajstić information content (AvgIpc) is 2.73. The van der Waals surface area contributed by atoms with Crippen molar-refractivity contribution in [1.29, 1.82) is 0 Å². The third-order valence-electron chi connectivity index (χ3n) is 3.55. The maximum Gasteiger partial charge on any atom is 0.155 e. The number of nitrogens with zero attached hydrogens (tertiary/aromatic N) is 3. The lowest BCUT2D eigenvalue weighted by molar-refractivity contribution is 0.421. The van der Waals surface area contributed by atoms with Crippen molar-refractivity contribution < 1.29 is 0 Å². The molecule has 0 aliphatic carbocycles. The highest BCUT2D eigenvalue weighted by Gasteiger charge is 2.18. The molecule has 18 heavy (non-hydrogen) atoms. The van der Waals surface area contributed by atoms with Crippen LogP contribution in [-0.2, 0) is 19.4 Å². The highest BCUT2D eigenvalue weighted by Crippen LogP contribution is 2.15. The maximum absolute atomic E-state index is 5.95. The minimum Gasteiger partial charge on any atom is -0.326 e. The molecule has 0 fully saturated rings. The normalized spacial score (nSPS) is 18.7. The predicted octanol–water partition coefficient (Wildman–Crippen LogP) is 1.45. The van der Waals surface area contributed by atoms with Gasteiger partial charge in [0, 0.05) is 18.9 Å². The summed E-state index contributed by atoms with van der Waals surface area (Å²) in [7, 11) is 0. The first-order valence-corrected chi connectivity index (χ1v) is 6.45. The molecule has 94 valence electrons. The lowest BCUT2D eigenvalue weighted by atomic mass is 10.1. The van der Waals surface area contributed by atoms with Crippen LogP contribution in [0.5, 0.6) is 0 Å². The number of nitrogens with two attached hydrogens (primary N) is 1. The van der Waals surface area contributed by atoms with Gasteiger partial charge in [-0.05, 0) is 24.5 Å². The van der Waals surface area contributed by atoms with Crippen molar-refractivity contribution in [2.24, 2.45) is 5.73 Å². The second kappa shape index (κ2) is 4.53. The van der Waals surface area contributed by atoms with E-state index in [1.165, 1.54) is 11.1 Å². The molecular weight excluding hydrogens is 224 g/mol. The quantitative estimate of drug-likeness (QED) is 0.867. The summed E-state index contributed by atoms with van der Waals surface area (Å²) >= 11 is 0. The molecule has 0 radical (unpaired) electrons. The van der Waals surface area contributed by atoms with Crippen molar-refractivity contribution in [2.75, 3.05) is 0 Å². The molecular formula is C14H18N4. The second-order valence-electron chi connectivity index (χ2n) is 5.03. The molecule has 0 bridgehead atoms. The van der Waals surface area contributed by atoms with Crippen LogP contribution in [0.4, 0.5) is 0 Å². The number of rotatable bonds is 2. The summed E-state index contributed by atoms with van der Waals surface area (Å²) in [6.45, 7) is 2.93. The van der Waals surface area contributed by atoms with Crippen LogP contribution in [0, 0.1) is 6.92 Å². The zero-order valence-electron chi connectivity index (χ0n) is 10.6. The van der Waals surface area contributed by atoms with Gasteiger partial charge in [0.2, 0.25) is 0 Å². The lowest BCUT2D eigenvalue weighted by Gasteiger charge is -2.17. The van der Waals surface area contributed by atoms with Gasteiger partial charge in [-0.2, -0.15) is 5.10 Å². The monoisotopic (exact) mass is 242 g/mol. The largest absolute Gasteiger partial charge is 0.326 e. The summed E-state index contributed by atoms with van der Waals surface area (Å²) in [6.07, 6.45) is 2.77. The van der Waals surface area contributed by atoms with Crippen LogP contribution in [0.2, 0.25) is 0 Å². The third kappa shape index (κ3) is 2.16. The number of aryl methyl sites for hydroxylation is 2. The summed E-state index contributed by atoms with van der Waals surface area (Å²) in [5.41, 5.74) is 8.54. The molecule has 0 spiro atoms. The molecule has 3 rings (SSSR count). The Balaban J connectivity index is 1.84. The van der Waals surface area contributed by atoms with Crippen molar-refractivity contribution in [1.82, 2.24) is 14.8 Å². The van der Waals surface area contributed by atoms with E-state index in [9.17, 15) is 0 Å². The van der Waals surface area contributed by atoms with Crippen LogP contribution >= 0.6 is 0 Å². The Labute approximate surface area is 107 Å². The number of hydrogen-bond acceptors (Lipinski definition) is 3. The maximum atomic E-state index is 5.95. The summed E-state index contributed by atoms with van der Waals surface area (Å²) in [5.74, 6) is 1.99. The molecule has 1 unspecified atom stereocenters. The lowest BCUT2D eigenvalue weighted by Crippen LogP contribution is -2.32. The molecule has 0 amide bonds. The van der Waals surface area contributed by atoms with E-state index in [2.05, 4.69) is 41.3 Å². The highest BCUT2D eigenvalue weighted by atomic mass is 15.4. The minimum atomic E-state index is 0.227. The van der Waals surface area contributed by atoms with Crippen molar-refractivity contribution in [2.45, 2.75) is 38.8 Å². The van der Waals surface area contributed by atoms with Gasteiger partial charge in [-0.3, -0.25) is 0 Å². The first-order valence-electron chi connectivity index (χ1n) is 6.45. The van der Waals surface area contributed by atoms with Gasteiger partial charge < -0.3 is 5.73 Å². The van der Waals surface area contributed by atoms with Crippen LogP contribution in [0.3, 0.4) is 0 Å². The summed E-state index contributed by atoms with van der Waals surface area (Å²) in [4.78, 5) is 4.62. The van der Waals surface area contributed by atoms with Crippen molar-refractivity contribution in [3.05, 3.63) is 47.0 Å². The van der Waals surface area contributed by atoms with Gasteiger partial charge in [-0.25, -0.2) is 9.67 Å². The van der Waals surface area contributed by atoms with Gasteiger partial charge in [-0.1, -0.05) is 24.3 Å². The van der Waals surface area contributed by atoms with E-state index in [0.29, 0.717) is 0 Å². The molecule has 2 aromatic rings. The van der Waals surface area contributed by atoms with Crippen molar-refractivity contribution in [3.63, 3.8) is 0 Å². The fourth-order valence-electron chi connectivity index (χ4n) is 2.44. The Hall–Kier alpha value is -1.68. The fourth-order valence-corrected chi connectivity index (χ4v) is 2.44. The standard InChI is InChI=1S/C14H18N4/c1-10-4-2-3-5-11(10)8-13-16-14-7-6-12(15)9-18(14)17-13/h2-5,12H,6-9,15H2,1H3. The zero-order valence-corrected chi connectivity index (χ0v) is 10.6. The molecule has 2 heterocycles. The molecule has 0 saturated carbocycles. The minimum absolute atomic E-state index is 0.227. The third-order valence-corrected chi connectivity index (χ3v) is 3.55. The Bertz CT molecular complexity index is 559. The Kier molecular flexibility index (Phi) is 2.88. The zero-order chi connectivity index (χ0) is 12.5. The number of benzene rings is 1. The fraction of sp³-hybridized carbons (Fsp3) is 0.429. The van der Waals surface area contributed by atoms with E-state index in [0.717, 1.165) is 37.5 Å². The second-order valence-corrected chi connectivity index (χ2v) is 5.03. The van der Waals surface area contributed by atoms with E-state index in [1.54, 1.807) is 0 Å². The van der Waals surface area contributed by atoms with Gasteiger partial charge in [0.15, 0.2) is 5.82 Å². The first kappa shape index (κ1) is 11.4. The summed E-state index contributed by atoms with van der Waals surface area (Å²) in [5, 5.41) is 4.56. The van der Waals surface area contributed by atoms with Crippen LogP contribution in [0.25, 0.3) is 0 Å². The van der Waals surface area contributed by atoms with Crippen LogP contribution in [-0.4, -0.2) is 20.8 Å². The SMILES string of the molecule is Cc1ccccc1Cc1nc2n(n1)CC(N)CC2. The molecule has 1 aliphatic heterocycles. The number of aromatic nitrogens is 3. The van der Waals surface area contributed by atoms with Crippen LogP contribution in [0.15, 0.2) is 24.3 Å². The smallest absolute Gasteiger partial charge is 0.155 e. The predicted molar refractivity (Wildman–Crippen MR) is 70.3 cm³/mol. The van der Waals surface area contributed by atoms with Crippen LogP contribution in [0.1, 0.15) is 29.2 Å². The average molecular weight is 242 g/mol. The van der Waals surface area contributed by atoms with E-state index in [4.69, 9.17) is 5.73 Å². The van der Waals surface area contributed by atoms with E-state index in [1.807, 2.05) is 4.68 Å². The number of fused-ring (bicyclic) bond motifs is 1. The van der Waals surface area contributed by atoms with E-state index >= 15 is 0 Å². The molecule has 1 aromatic carbocycles. The molecule has 0 saturated heterocycles. The molecule has 1 aliphatic rings. The Morgan fingerprint density at radius 1 is 1.39 bits per heavy atom. The van der Waals surface area contributed by atoms with Gasteiger partial charge in [-0.15, -0.1) is 0 Å². The van der Waals surface area contributed by atoms with Crippen LogP contribution < -0.4 is 5.73 Å². The Morgan fingerprint density at radius 2 is 2.22 bits per heavy atom. The molecule has 2 N–H and O–H groups in total.